The highest BCUT2D eigenvalue weighted by Gasteiger charge is 2.18. The zero-order valence-corrected chi connectivity index (χ0v) is 16.0. The number of anilines is 2. The molecule has 8 nitrogen and oxygen atoms in total. The molecule has 142 valence electrons. The fraction of sp³-hybridized carbons (Fsp3) is 0.389. The minimum absolute atomic E-state index is 0.0179. The normalized spacial score (nSPS) is 14.1. The van der Waals surface area contributed by atoms with Gasteiger partial charge in [-0.15, -0.1) is 0 Å². The summed E-state index contributed by atoms with van der Waals surface area (Å²) in [4.78, 5) is 11.1. The molecule has 2 heterocycles. The molecule has 0 radical (unpaired) electrons. The monoisotopic (exact) mass is 386 g/mol. The third kappa shape index (κ3) is 4.72. The molecular formula is C18H22N6O2S. The van der Waals surface area contributed by atoms with Crippen molar-refractivity contribution in [3.05, 3.63) is 41.6 Å². The summed E-state index contributed by atoms with van der Waals surface area (Å²) in [5, 5.41) is 12.1. The second-order valence-corrected chi connectivity index (χ2v) is 8.05. The number of rotatable bonds is 7. The largest absolute Gasteiger partial charge is 0.356 e. The first-order valence-electron chi connectivity index (χ1n) is 8.83. The van der Waals surface area contributed by atoms with Gasteiger partial charge in [-0.25, -0.2) is 18.1 Å². The molecule has 9 heteroatoms. The van der Waals surface area contributed by atoms with Crippen LogP contribution in [-0.4, -0.2) is 44.6 Å². The molecule has 0 spiro atoms. The highest BCUT2D eigenvalue weighted by molar-refractivity contribution is 7.89. The van der Waals surface area contributed by atoms with Gasteiger partial charge in [0, 0.05) is 37.9 Å². The van der Waals surface area contributed by atoms with Crippen molar-refractivity contribution in [2.75, 3.05) is 36.4 Å². The first-order chi connectivity index (χ1) is 13.0. The topological polar surface area (TPSA) is 111 Å². The van der Waals surface area contributed by atoms with Crippen molar-refractivity contribution in [2.45, 2.75) is 24.7 Å². The summed E-state index contributed by atoms with van der Waals surface area (Å²) in [6.07, 6.45) is 2.33. The van der Waals surface area contributed by atoms with Crippen molar-refractivity contribution in [3.63, 3.8) is 0 Å². The van der Waals surface area contributed by atoms with Crippen LogP contribution in [0.4, 0.5) is 11.8 Å². The quantitative estimate of drug-likeness (QED) is 0.696. The molecule has 2 N–H and O–H groups in total. The summed E-state index contributed by atoms with van der Waals surface area (Å²) in [5.41, 5.74) is 0.980. The average Bonchev–Trinajstić information content (AvgIpc) is 3.20. The van der Waals surface area contributed by atoms with Crippen LogP contribution in [0.5, 0.6) is 0 Å². The van der Waals surface area contributed by atoms with Crippen LogP contribution >= 0.6 is 0 Å². The smallest absolute Gasteiger partial charge is 0.241 e. The number of aromatic nitrogens is 2. The van der Waals surface area contributed by atoms with Crippen LogP contribution in [0.2, 0.25) is 0 Å². The Morgan fingerprint density at radius 1 is 1.19 bits per heavy atom. The predicted octanol–water partition coefficient (Wildman–Crippen LogP) is 1.65. The number of benzene rings is 1. The maximum atomic E-state index is 12.4. The molecule has 1 aliphatic rings. The second kappa shape index (κ2) is 8.33. The van der Waals surface area contributed by atoms with Crippen LogP contribution in [0.3, 0.4) is 0 Å². The molecular weight excluding hydrogens is 364 g/mol. The molecule has 3 rings (SSSR count). The lowest BCUT2D eigenvalue weighted by molar-refractivity contribution is 0.582. The van der Waals surface area contributed by atoms with Gasteiger partial charge in [-0.2, -0.15) is 10.2 Å². The first kappa shape index (κ1) is 19.1. The molecule has 2 aromatic rings. The molecule has 1 aliphatic heterocycles. The van der Waals surface area contributed by atoms with E-state index in [-0.39, 0.29) is 17.0 Å². The summed E-state index contributed by atoms with van der Waals surface area (Å²) < 4.78 is 27.3. The van der Waals surface area contributed by atoms with Crippen molar-refractivity contribution < 1.29 is 8.42 Å². The van der Waals surface area contributed by atoms with Gasteiger partial charge in [0.1, 0.15) is 11.9 Å². The summed E-state index contributed by atoms with van der Waals surface area (Å²) >= 11 is 0. The van der Waals surface area contributed by atoms with E-state index in [1.165, 1.54) is 12.1 Å². The number of hydrogen-bond acceptors (Lipinski definition) is 7. The molecule has 27 heavy (non-hydrogen) atoms. The van der Waals surface area contributed by atoms with Gasteiger partial charge in [0.05, 0.1) is 10.5 Å². The molecule has 1 aromatic carbocycles. The highest BCUT2D eigenvalue weighted by atomic mass is 32.2. The standard InChI is InChI=1S/C18H22N6O2S/c1-14-12-17(24-10-4-5-11-24)23-18(22-14)20-8-9-21-27(25,26)16-7-3-2-6-15(16)13-19/h2-3,6-7,12,21H,4-5,8-11H2,1H3,(H,20,22,23). The van der Waals surface area contributed by atoms with E-state index in [1.54, 1.807) is 12.1 Å². The van der Waals surface area contributed by atoms with Crippen LogP contribution in [0.25, 0.3) is 0 Å². The Bertz CT molecular complexity index is 949. The van der Waals surface area contributed by atoms with E-state index >= 15 is 0 Å². The third-order valence-electron chi connectivity index (χ3n) is 4.27. The Labute approximate surface area is 159 Å². The molecule has 1 saturated heterocycles. The molecule has 0 saturated carbocycles. The molecule has 0 aliphatic carbocycles. The fourth-order valence-electron chi connectivity index (χ4n) is 2.97. The van der Waals surface area contributed by atoms with E-state index in [0.29, 0.717) is 12.5 Å². The van der Waals surface area contributed by atoms with Crippen LogP contribution < -0.4 is 14.9 Å². The van der Waals surface area contributed by atoms with E-state index < -0.39 is 10.0 Å². The van der Waals surface area contributed by atoms with Gasteiger partial charge in [-0.3, -0.25) is 0 Å². The number of nitrogens with one attached hydrogen (secondary N) is 2. The van der Waals surface area contributed by atoms with E-state index in [0.717, 1.165) is 37.4 Å². The van der Waals surface area contributed by atoms with Gasteiger partial charge in [0.2, 0.25) is 16.0 Å². The molecule has 0 bridgehead atoms. The molecule has 0 unspecified atom stereocenters. The van der Waals surface area contributed by atoms with Crippen molar-refractivity contribution in [3.8, 4) is 6.07 Å². The number of aryl methyl sites for hydroxylation is 1. The second-order valence-electron chi connectivity index (χ2n) is 6.32. The lowest BCUT2D eigenvalue weighted by Crippen LogP contribution is -2.30. The Hall–Kier alpha value is -2.70. The van der Waals surface area contributed by atoms with E-state index in [2.05, 4.69) is 24.9 Å². The van der Waals surface area contributed by atoms with Gasteiger partial charge in [-0.1, -0.05) is 12.1 Å². The number of nitrogens with zero attached hydrogens (tertiary/aromatic N) is 4. The zero-order valence-electron chi connectivity index (χ0n) is 15.1. The summed E-state index contributed by atoms with van der Waals surface area (Å²) in [6, 6.07) is 9.97. The Kier molecular flexibility index (Phi) is 5.88. The number of sulfonamides is 1. The minimum Gasteiger partial charge on any atom is -0.356 e. The Morgan fingerprint density at radius 3 is 2.67 bits per heavy atom. The lowest BCUT2D eigenvalue weighted by Gasteiger charge is -2.17. The minimum atomic E-state index is -3.75. The van der Waals surface area contributed by atoms with Crippen LogP contribution in [0.1, 0.15) is 24.1 Å². The van der Waals surface area contributed by atoms with Crippen molar-refractivity contribution in [2.24, 2.45) is 0 Å². The average molecular weight is 386 g/mol. The van der Waals surface area contributed by atoms with E-state index in [4.69, 9.17) is 5.26 Å². The summed E-state index contributed by atoms with van der Waals surface area (Å²) in [5.74, 6) is 1.37. The lowest BCUT2D eigenvalue weighted by atomic mass is 10.2. The highest BCUT2D eigenvalue weighted by Crippen LogP contribution is 2.19. The Morgan fingerprint density at radius 2 is 1.93 bits per heavy atom. The zero-order chi connectivity index (χ0) is 19.3. The Balaban J connectivity index is 1.59. The summed E-state index contributed by atoms with van der Waals surface area (Å²) in [7, 11) is -3.75. The van der Waals surface area contributed by atoms with E-state index in [1.807, 2.05) is 19.1 Å². The van der Waals surface area contributed by atoms with Crippen LogP contribution in [0, 0.1) is 18.3 Å². The molecule has 1 fully saturated rings. The van der Waals surface area contributed by atoms with Gasteiger partial charge in [-0.05, 0) is 31.9 Å². The molecule has 1 aromatic heterocycles. The number of hydrogen-bond donors (Lipinski definition) is 2. The summed E-state index contributed by atoms with van der Waals surface area (Å²) in [6.45, 7) is 4.38. The van der Waals surface area contributed by atoms with Gasteiger partial charge >= 0.3 is 0 Å². The van der Waals surface area contributed by atoms with Crippen molar-refractivity contribution in [1.82, 2.24) is 14.7 Å². The van der Waals surface area contributed by atoms with Crippen molar-refractivity contribution >= 4 is 21.8 Å². The predicted molar refractivity (Wildman–Crippen MR) is 103 cm³/mol. The van der Waals surface area contributed by atoms with Crippen molar-refractivity contribution in [1.29, 1.82) is 5.26 Å². The molecule has 0 amide bonds. The maximum absolute atomic E-state index is 12.4. The third-order valence-corrected chi connectivity index (χ3v) is 5.79. The van der Waals surface area contributed by atoms with Gasteiger partial charge in [0.15, 0.2) is 0 Å². The van der Waals surface area contributed by atoms with E-state index in [9.17, 15) is 8.42 Å². The van der Waals surface area contributed by atoms with Gasteiger partial charge in [0.25, 0.3) is 0 Å². The fourth-order valence-corrected chi connectivity index (χ4v) is 4.16. The SMILES string of the molecule is Cc1cc(N2CCCC2)nc(NCCNS(=O)(=O)c2ccccc2C#N)n1. The maximum Gasteiger partial charge on any atom is 0.241 e. The first-order valence-corrected chi connectivity index (χ1v) is 10.3. The van der Waals surface area contributed by atoms with Crippen LogP contribution in [0.15, 0.2) is 35.2 Å². The van der Waals surface area contributed by atoms with Gasteiger partial charge < -0.3 is 10.2 Å². The molecule has 0 atom stereocenters. The van der Waals surface area contributed by atoms with Crippen LogP contribution in [-0.2, 0) is 10.0 Å². The number of nitriles is 1.